The van der Waals surface area contributed by atoms with Crippen molar-refractivity contribution in [2.24, 2.45) is 0 Å². The van der Waals surface area contributed by atoms with E-state index in [1.165, 1.54) is 38.3 Å². The van der Waals surface area contributed by atoms with Crippen LogP contribution in [0, 0.1) is 0 Å². The molecule has 1 aromatic rings. The maximum atomic E-state index is 2.39. The summed E-state index contributed by atoms with van der Waals surface area (Å²) in [5.41, 5.74) is 0. The van der Waals surface area contributed by atoms with Crippen molar-refractivity contribution in [1.29, 1.82) is 0 Å². The van der Waals surface area contributed by atoms with Crippen molar-refractivity contribution < 1.29 is 34.0 Å². The standard InChI is InChI=1S/C8H19B2N2.2C4H10.Na/c1-4-9-11-6-7-12(8-11)10(3)5-2;2*1-3-4-2;/h6-8,10H,4-5,9H2,1-3H3;2*3-4H2,1-2H3;/q-1;;;+1. The first kappa shape index (κ1) is 26.2. The van der Waals surface area contributed by atoms with Crippen molar-refractivity contribution in [3.63, 3.8) is 0 Å². The van der Waals surface area contributed by atoms with Crippen LogP contribution in [-0.2, 0) is 0 Å². The van der Waals surface area contributed by atoms with Crippen LogP contribution in [0.2, 0.25) is 19.5 Å². The van der Waals surface area contributed by atoms with E-state index < -0.39 is 0 Å². The first-order valence-electron chi connectivity index (χ1n) is 9.29. The zero-order chi connectivity index (χ0) is 15.8. The topological polar surface area (TPSA) is 8.81 Å². The van der Waals surface area contributed by atoms with E-state index in [-0.39, 0.29) is 43.8 Å². The number of hydrogen-bond acceptors (Lipinski definition) is 0. The van der Waals surface area contributed by atoms with Gasteiger partial charge in [-0.3, -0.25) is 0 Å². The molecule has 0 radical (unpaired) electrons. The normalized spacial score (nSPS) is 10.4. The molecule has 0 N–H and O–H groups in total. The molecule has 2 nitrogen and oxygen atoms in total. The van der Waals surface area contributed by atoms with Crippen LogP contribution in [0.5, 0.6) is 0 Å². The second-order valence-corrected chi connectivity index (χ2v) is 6.16. The molecule has 0 aliphatic heterocycles. The zero-order valence-corrected chi connectivity index (χ0v) is 18.6. The van der Waals surface area contributed by atoms with Crippen LogP contribution in [0.3, 0.4) is 0 Å². The molecular formula is C16H39B2N2Na. The molecule has 1 unspecified atom stereocenters. The second kappa shape index (κ2) is 20.3. The van der Waals surface area contributed by atoms with Gasteiger partial charge >= 0.3 is 29.6 Å². The molecule has 120 valence electrons. The third-order valence-corrected chi connectivity index (χ3v) is 3.85. The fourth-order valence-corrected chi connectivity index (χ4v) is 1.63. The molecule has 0 spiro atoms. The fraction of sp³-hybridized carbons (Fsp3) is 0.812. The van der Waals surface area contributed by atoms with Gasteiger partial charge < -0.3 is 8.96 Å². The van der Waals surface area contributed by atoms with Crippen molar-refractivity contribution in [1.82, 2.24) is 4.48 Å². The average Bonchev–Trinajstić information content (AvgIpc) is 2.96. The average molecular weight is 304 g/mol. The Hall–Kier alpha value is 0.340. The first-order chi connectivity index (χ1) is 9.60. The Bertz CT molecular complexity index is 286. The van der Waals surface area contributed by atoms with E-state index in [9.17, 15) is 0 Å². The summed E-state index contributed by atoms with van der Waals surface area (Å²) >= 11 is 0. The van der Waals surface area contributed by atoms with E-state index in [2.05, 4.69) is 76.0 Å². The zero-order valence-electron chi connectivity index (χ0n) is 16.6. The van der Waals surface area contributed by atoms with Gasteiger partial charge in [0.15, 0.2) is 14.3 Å². The molecule has 1 aromatic heterocycles. The van der Waals surface area contributed by atoms with Gasteiger partial charge in [0.1, 0.15) is 6.33 Å². The van der Waals surface area contributed by atoms with Gasteiger partial charge in [0.2, 0.25) is 0 Å². The molecule has 0 aromatic carbocycles. The number of imidazole rings is 1. The maximum Gasteiger partial charge on any atom is 1.00 e. The minimum atomic E-state index is -0.118. The van der Waals surface area contributed by atoms with Crippen LogP contribution < -0.4 is 34.0 Å². The summed E-state index contributed by atoms with van der Waals surface area (Å²) in [5.74, 6) is 0. The summed E-state index contributed by atoms with van der Waals surface area (Å²) in [6.07, 6.45) is 14.6. The van der Waals surface area contributed by atoms with Gasteiger partial charge in [0, 0.05) is 0 Å². The molecule has 0 aliphatic rings. The first-order valence-corrected chi connectivity index (χ1v) is 9.29. The molecule has 0 fully saturated rings. The van der Waals surface area contributed by atoms with Crippen LogP contribution >= 0.6 is 0 Å². The summed E-state index contributed by atoms with van der Waals surface area (Å²) in [4.78, 5) is 0. The third-order valence-electron chi connectivity index (χ3n) is 3.85. The predicted octanol–water partition coefficient (Wildman–Crippen LogP) is 0.984. The van der Waals surface area contributed by atoms with E-state index >= 15 is 0 Å². The van der Waals surface area contributed by atoms with Crippen LogP contribution in [-0.4, -0.2) is 18.7 Å². The SMILES string of the molecule is CCCC.CCCC.CC[BH2-][n+]1ccn([BH-](C)CC)c1.[Na+]. The second-order valence-electron chi connectivity index (χ2n) is 6.16. The number of unbranched alkanes of at least 4 members (excludes halogenated alkanes) is 2. The van der Waals surface area contributed by atoms with Crippen molar-refractivity contribution in [2.75, 3.05) is 0 Å². The minimum absolute atomic E-state index is 0. The quantitative estimate of drug-likeness (QED) is 0.693. The molecule has 1 heterocycles. The Morgan fingerprint density at radius 1 is 0.952 bits per heavy atom. The molecule has 21 heavy (non-hydrogen) atoms. The summed E-state index contributed by atoms with van der Waals surface area (Å²) in [5, 5.41) is 0. The van der Waals surface area contributed by atoms with Gasteiger partial charge in [0.25, 0.3) is 0 Å². The molecule has 5 heteroatoms. The molecule has 0 saturated heterocycles. The van der Waals surface area contributed by atoms with E-state index in [0.29, 0.717) is 0 Å². The van der Waals surface area contributed by atoms with Gasteiger partial charge in [-0.25, -0.2) is 0 Å². The Morgan fingerprint density at radius 2 is 1.43 bits per heavy atom. The largest absolute Gasteiger partial charge is 1.00 e. The van der Waals surface area contributed by atoms with E-state index in [4.69, 9.17) is 0 Å². The molecule has 0 aliphatic carbocycles. The number of aromatic nitrogens is 2. The third kappa shape index (κ3) is 16.5. The van der Waals surface area contributed by atoms with Gasteiger partial charge in [-0.15, -0.1) is 12.6 Å². The van der Waals surface area contributed by atoms with Crippen LogP contribution in [0.4, 0.5) is 0 Å². The molecule has 0 saturated carbocycles. The van der Waals surface area contributed by atoms with Crippen molar-refractivity contribution >= 4 is 14.3 Å². The summed E-state index contributed by atoms with van der Waals surface area (Å²) in [6, 6.07) is 0. The smallest absolute Gasteiger partial charge is 0.445 e. The van der Waals surface area contributed by atoms with Gasteiger partial charge in [-0.05, 0) is 0 Å². The van der Waals surface area contributed by atoms with Crippen LogP contribution in [0.1, 0.15) is 67.2 Å². The van der Waals surface area contributed by atoms with Gasteiger partial charge in [-0.1, -0.05) is 67.2 Å². The molecule has 1 rings (SSSR count). The van der Waals surface area contributed by atoms with E-state index in [1.807, 2.05) is 0 Å². The maximum absolute atomic E-state index is 2.39. The number of nitrogens with zero attached hydrogens (tertiary/aromatic N) is 2. The Morgan fingerprint density at radius 3 is 1.76 bits per heavy atom. The molecule has 0 bridgehead atoms. The molecule has 0 amide bonds. The van der Waals surface area contributed by atoms with Gasteiger partial charge in [-0.2, -0.15) is 6.82 Å². The Balaban J connectivity index is -0.000000304. The minimum Gasteiger partial charge on any atom is -0.445 e. The van der Waals surface area contributed by atoms with E-state index in [0.717, 1.165) is 0 Å². The number of hydrogen-bond donors (Lipinski definition) is 0. The molecular weight excluding hydrogens is 265 g/mol. The summed E-state index contributed by atoms with van der Waals surface area (Å²) in [7, 11) is 0.105. The summed E-state index contributed by atoms with van der Waals surface area (Å²) in [6.45, 7) is 15.5. The van der Waals surface area contributed by atoms with Gasteiger partial charge in [0.05, 0.1) is 12.4 Å². The van der Waals surface area contributed by atoms with Crippen molar-refractivity contribution in [2.45, 2.75) is 86.7 Å². The predicted molar refractivity (Wildman–Crippen MR) is 99.1 cm³/mol. The monoisotopic (exact) mass is 304 g/mol. The molecule has 1 atom stereocenters. The summed E-state index contributed by atoms with van der Waals surface area (Å²) < 4.78 is 4.78. The van der Waals surface area contributed by atoms with Crippen molar-refractivity contribution in [3.05, 3.63) is 18.7 Å². The Labute approximate surface area is 157 Å². The Kier molecular flexibility index (Phi) is 25.4. The van der Waals surface area contributed by atoms with Crippen LogP contribution in [0.15, 0.2) is 18.7 Å². The van der Waals surface area contributed by atoms with Crippen molar-refractivity contribution in [3.8, 4) is 0 Å². The van der Waals surface area contributed by atoms with E-state index in [1.54, 1.807) is 0 Å². The van der Waals surface area contributed by atoms with Crippen LogP contribution in [0.25, 0.3) is 0 Å². The fourth-order valence-electron chi connectivity index (χ4n) is 1.63. The number of rotatable bonds is 6.